The van der Waals surface area contributed by atoms with E-state index in [-0.39, 0.29) is 29.4 Å². The van der Waals surface area contributed by atoms with Crippen molar-refractivity contribution >= 4 is 35.6 Å². The number of guanidine groups is 1. The van der Waals surface area contributed by atoms with Crippen LogP contribution in [-0.4, -0.2) is 40.4 Å². The molecule has 0 radical (unpaired) electrons. The predicted octanol–water partition coefficient (Wildman–Crippen LogP) is 3.65. The molecule has 1 fully saturated rings. The van der Waals surface area contributed by atoms with E-state index in [0.717, 1.165) is 31.0 Å². The predicted molar refractivity (Wildman–Crippen MR) is 112 cm³/mol. The molecule has 142 valence electrons. The molecule has 0 spiro atoms. The van der Waals surface area contributed by atoms with Crippen molar-refractivity contribution in [1.29, 1.82) is 0 Å². The smallest absolute Gasteiger partial charge is 0.193 e. The quantitative estimate of drug-likeness (QED) is 0.350. The number of methoxy groups -OCH3 is 3. The first-order chi connectivity index (χ1) is 11.6. The molecule has 0 bridgehead atoms. The van der Waals surface area contributed by atoms with Crippen molar-refractivity contribution in [1.82, 2.24) is 0 Å². The standard InChI is InChI=1S/C18H29N3O3.HI/c1-22-11-10-18(8-4-5-9-18)13-20-17(19)21-15-12-14(23-2)6-7-16(15)24-3;/h6-7,12H,4-5,8-11,13H2,1-3H3,(H3,19,20,21);1H. The molecule has 3 N–H and O–H groups in total. The van der Waals surface area contributed by atoms with Crippen molar-refractivity contribution in [3.8, 4) is 11.5 Å². The van der Waals surface area contributed by atoms with Gasteiger partial charge in [-0.3, -0.25) is 4.99 Å². The molecule has 0 atom stereocenters. The first kappa shape index (κ1) is 21.8. The molecule has 0 unspecified atom stereocenters. The van der Waals surface area contributed by atoms with Crippen molar-refractivity contribution in [2.45, 2.75) is 32.1 Å². The van der Waals surface area contributed by atoms with E-state index >= 15 is 0 Å². The molecule has 0 saturated heterocycles. The maximum Gasteiger partial charge on any atom is 0.193 e. The van der Waals surface area contributed by atoms with Gasteiger partial charge in [0.2, 0.25) is 0 Å². The summed E-state index contributed by atoms with van der Waals surface area (Å²) < 4.78 is 15.9. The van der Waals surface area contributed by atoms with Gasteiger partial charge in [-0.1, -0.05) is 12.8 Å². The molecule has 1 aromatic carbocycles. The van der Waals surface area contributed by atoms with Crippen LogP contribution < -0.4 is 20.5 Å². The summed E-state index contributed by atoms with van der Waals surface area (Å²) in [7, 11) is 5.00. The van der Waals surface area contributed by atoms with Crippen molar-refractivity contribution in [2.75, 3.05) is 39.8 Å². The minimum Gasteiger partial charge on any atom is -0.497 e. The number of benzene rings is 1. The summed E-state index contributed by atoms with van der Waals surface area (Å²) >= 11 is 0. The zero-order valence-electron chi connectivity index (χ0n) is 15.3. The van der Waals surface area contributed by atoms with Gasteiger partial charge in [0.05, 0.1) is 19.9 Å². The summed E-state index contributed by atoms with van der Waals surface area (Å²) in [5.74, 6) is 1.83. The number of anilines is 1. The number of rotatable bonds is 8. The second kappa shape index (κ2) is 10.7. The number of hydrogen-bond donors (Lipinski definition) is 2. The molecule has 0 aromatic heterocycles. The minimum atomic E-state index is 0. The van der Waals surface area contributed by atoms with Crippen molar-refractivity contribution < 1.29 is 14.2 Å². The number of hydrogen-bond acceptors (Lipinski definition) is 4. The Bertz CT molecular complexity index is 560. The van der Waals surface area contributed by atoms with Gasteiger partial charge in [0.15, 0.2) is 5.96 Å². The van der Waals surface area contributed by atoms with E-state index < -0.39 is 0 Å². The van der Waals surface area contributed by atoms with Crippen LogP contribution >= 0.6 is 24.0 Å². The lowest BCUT2D eigenvalue weighted by atomic mass is 9.83. The molecule has 6 nitrogen and oxygen atoms in total. The van der Waals surface area contributed by atoms with Crippen LogP contribution in [0.5, 0.6) is 11.5 Å². The first-order valence-electron chi connectivity index (χ1n) is 8.40. The summed E-state index contributed by atoms with van der Waals surface area (Å²) in [6, 6.07) is 5.53. The molecule has 7 heteroatoms. The largest absolute Gasteiger partial charge is 0.497 e. The van der Waals surface area contributed by atoms with E-state index in [0.29, 0.717) is 11.7 Å². The van der Waals surface area contributed by atoms with Crippen molar-refractivity contribution in [3.05, 3.63) is 18.2 Å². The van der Waals surface area contributed by atoms with Crippen LogP contribution in [0.4, 0.5) is 5.69 Å². The van der Waals surface area contributed by atoms with Crippen molar-refractivity contribution in [3.63, 3.8) is 0 Å². The van der Waals surface area contributed by atoms with Crippen LogP contribution in [0.2, 0.25) is 0 Å². The zero-order valence-corrected chi connectivity index (χ0v) is 17.7. The van der Waals surface area contributed by atoms with Crippen LogP contribution in [0.25, 0.3) is 0 Å². The Morgan fingerprint density at radius 2 is 1.92 bits per heavy atom. The fourth-order valence-electron chi connectivity index (χ4n) is 3.27. The van der Waals surface area contributed by atoms with Gasteiger partial charge in [0.1, 0.15) is 11.5 Å². The van der Waals surface area contributed by atoms with Gasteiger partial charge in [0, 0.05) is 26.3 Å². The van der Waals surface area contributed by atoms with Crippen LogP contribution in [0.1, 0.15) is 32.1 Å². The number of nitrogens with two attached hydrogens (primary N) is 1. The average molecular weight is 463 g/mol. The minimum absolute atomic E-state index is 0. The average Bonchev–Trinajstić information content (AvgIpc) is 3.07. The number of halogens is 1. The summed E-state index contributed by atoms with van der Waals surface area (Å²) in [6.07, 6.45) is 5.93. The number of nitrogens with zero attached hydrogens (tertiary/aromatic N) is 1. The lowest BCUT2D eigenvalue weighted by molar-refractivity contribution is 0.141. The highest BCUT2D eigenvalue weighted by atomic mass is 127. The molecular weight excluding hydrogens is 433 g/mol. The summed E-state index contributed by atoms with van der Waals surface area (Å²) in [5.41, 5.74) is 7.07. The van der Waals surface area contributed by atoms with E-state index in [1.807, 2.05) is 18.2 Å². The molecule has 0 aliphatic heterocycles. The molecular formula is C18H30IN3O3. The number of nitrogens with one attached hydrogen (secondary N) is 1. The SMILES string of the molecule is COCCC1(CN=C(N)Nc2cc(OC)ccc2OC)CCCC1.I. The summed E-state index contributed by atoms with van der Waals surface area (Å²) in [4.78, 5) is 4.59. The lowest BCUT2D eigenvalue weighted by Crippen LogP contribution is -2.28. The van der Waals surface area contributed by atoms with Crippen LogP contribution in [0, 0.1) is 5.41 Å². The van der Waals surface area contributed by atoms with Crippen LogP contribution in [-0.2, 0) is 4.74 Å². The van der Waals surface area contributed by atoms with E-state index in [1.165, 1.54) is 25.7 Å². The van der Waals surface area contributed by atoms with Gasteiger partial charge in [-0.2, -0.15) is 0 Å². The van der Waals surface area contributed by atoms with Gasteiger partial charge < -0.3 is 25.3 Å². The number of aliphatic imine (C=N–C) groups is 1. The maximum absolute atomic E-state index is 6.10. The Kier molecular flexibility index (Phi) is 9.34. The van der Waals surface area contributed by atoms with E-state index in [4.69, 9.17) is 19.9 Å². The Morgan fingerprint density at radius 1 is 1.20 bits per heavy atom. The summed E-state index contributed by atoms with van der Waals surface area (Å²) in [5, 5.41) is 3.12. The zero-order chi connectivity index (χ0) is 17.4. The molecule has 1 aliphatic rings. The Hall–Kier alpha value is -1.22. The monoisotopic (exact) mass is 463 g/mol. The number of ether oxygens (including phenoxy) is 3. The maximum atomic E-state index is 6.10. The molecule has 1 aliphatic carbocycles. The Labute approximate surface area is 167 Å². The van der Waals surface area contributed by atoms with Gasteiger partial charge in [-0.15, -0.1) is 24.0 Å². The van der Waals surface area contributed by atoms with Crippen LogP contribution in [0.15, 0.2) is 23.2 Å². The molecule has 1 saturated carbocycles. The third kappa shape index (κ3) is 6.22. The lowest BCUT2D eigenvalue weighted by Gasteiger charge is -2.26. The third-order valence-electron chi connectivity index (χ3n) is 4.75. The third-order valence-corrected chi connectivity index (χ3v) is 4.75. The highest BCUT2D eigenvalue weighted by Crippen LogP contribution is 2.41. The second-order valence-electron chi connectivity index (χ2n) is 6.34. The van der Waals surface area contributed by atoms with Crippen LogP contribution in [0.3, 0.4) is 0 Å². The topological polar surface area (TPSA) is 78.1 Å². The van der Waals surface area contributed by atoms with Crippen molar-refractivity contribution in [2.24, 2.45) is 16.1 Å². The van der Waals surface area contributed by atoms with Gasteiger partial charge in [-0.25, -0.2) is 0 Å². The fourth-order valence-corrected chi connectivity index (χ4v) is 3.27. The second-order valence-corrected chi connectivity index (χ2v) is 6.34. The Morgan fingerprint density at radius 3 is 2.52 bits per heavy atom. The summed E-state index contributed by atoms with van der Waals surface area (Å²) in [6.45, 7) is 1.49. The van der Waals surface area contributed by atoms with Gasteiger partial charge in [-0.05, 0) is 36.8 Å². The van der Waals surface area contributed by atoms with E-state index in [1.54, 1.807) is 21.3 Å². The molecule has 25 heavy (non-hydrogen) atoms. The van der Waals surface area contributed by atoms with Gasteiger partial charge in [0.25, 0.3) is 0 Å². The first-order valence-corrected chi connectivity index (χ1v) is 8.40. The molecule has 1 aromatic rings. The molecule has 0 amide bonds. The highest BCUT2D eigenvalue weighted by Gasteiger charge is 2.33. The van der Waals surface area contributed by atoms with E-state index in [9.17, 15) is 0 Å². The molecule has 2 rings (SSSR count). The fraction of sp³-hybridized carbons (Fsp3) is 0.611. The molecule has 0 heterocycles. The highest BCUT2D eigenvalue weighted by molar-refractivity contribution is 14.0. The Balaban J connectivity index is 0.00000312. The van der Waals surface area contributed by atoms with Gasteiger partial charge >= 0.3 is 0 Å². The van der Waals surface area contributed by atoms with E-state index in [2.05, 4.69) is 10.3 Å². The normalized spacial score (nSPS) is 16.2.